The van der Waals surface area contributed by atoms with Crippen molar-refractivity contribution in [2.45, 2.75) is 0 Å². The lowest BCUT2D eigenvalue weighted by Gasteiger charge is -2.26. The summed E-state index contributed by atoms with van der Waals surface area (Å²) < 4.78 is 5.31. The summed E-state index contributed by atoms with van der Waals surface area (Å²) in [5.41, 5.74) is 1.88. The Balaban J connectivity index is 1.52. The quantitative estimate of drug-likeness (QED) is 0.886. The fraction of sp³-hybridized carbons (Fsp3) is 0.353. The van der Waals surface area contributed by atoms with Crippen LogP contribution in [0.2, 0.25) is 0 Å². The number of rotatable bonds is 5. The van der Waals surface area contributed by atoms with E-state index in [0.29, 0.717) is 6.54 Å². The number of anilines is 1. The van der Waals surface area contributed by atoms with E-state index in [1.165, 1.54) is 0 Å². The lowest BCUT2D eigenvalue weighted by molar-refractivity contribution is 0.0388. The molecule has 1 aromatic heterocycles. The van der Waals surface area contributed by atoms with Crippen molar-refractivity contribution in [2.24, 2.45) is 0 Å². The maximum atomic E-state index is 12.1. The smallest absolute Gasteiger partial charge is 0.319 e. The first-order valence-electron chi connectivity index (χ1n) is 7.81. The largest absolute Gasteiger partial charge is 0.379 e. The predicted octanol–water partition coefficient (Wildman–Crippen LogP) is 2.87. The molecule has 1 aliphatic rings. The van der Waals surface area contributed by atoms with Crippen LogP contribution in [0.4, 0.5) is 10.5 Å². The van der Waals surface area contributed by atoms with Gasteiger partial charge in [0.2, 0.25) is 0 Å². The van der Waals surface area contributed by atoms with Crippen molar-refractivity contribution in [3.8, 4) is 10.4 Å². The molecule has 2 aromatic rings. The molecule has 0 radical (unpaired) electrons. The second-order valence-corrected chi connectivity index (χ2v) is 6.31. The fourth-order valence-electron chi connectivity index (χ4n) is 2.56. The van der Waals surface area contributed by atoms with Crippen molar-refractivity contribution in [3.05, 3.63) is 41.8 Å². The molecule has 2 heterocycles. The lowest BCUT2D eigenvalue weighted by atomic mass is 10.1. The molecule has 3 rings (SSSR count). The number of benzene rings is 1. The standard InChI is InChI=1S/C17H21N3O2S/c21-17(18-7-8-20-9-11-22-12-10-20)19-15-5-2-1-4-14(15)16-6-3-13-23-16/h1-6,13H,7-12H2,(H2,18,19,21). The minimum Gasteiger partial charge on any atom is -0.379 e. The minimum absolute atomic E-state index is 0.165. The van der Waals surface area contributed by atoms with Gasteiger partial charge in [-0.15, -0.1) is 11.3 Å². The van der Waals surface area contributed by atoms with Crippen LogP contribution in [0.3, 0.4) is 0 Å². The number of morpholine rings is 1. The highest BCUT2D eigenvalue weighted by Crippen LogP contribution is 2.31. The summed E-state index contributed by atoms with van der Waals surface area (Å²) in [6.07, 6.45) is 0. The first kappa shape index (κ1) is 16.0. The average molecular weight is 331 g/mol. The summed E-state index contributed by atoms with van der Waals surface area (Å²) >= 11 is 1.66. The molecule has 1 fully saturated rings. The van der Waals surface area contributed by atoms with Crippen LogP contribution in [0, 0.1) is 0 Å². The van der Waals surface area contributed by atoms with E-state index in [-0.39, 0.29) is 6.03 Å². The van der Waals surface area contributed by atoms with Gasteiger partial charge in [0.05, 0.1) is 18.9 Å². The van der Waals surface area contributed by atoms with Crippen molar-refractivity contribution in [3.63, 3.8) is 0 Å². The van der Waals surface area contributed by atoms with Crippen LogP contribution in [-0.2, 0) is 4.74 Å². The maximum Gasteiger partial charge on any atom is 0.319 e. The Morgan fingerprint density at radius 1 is 1.17 bits per heavy atom. The van der Waals surface area contributed by atoms with Gasteiger partial charge in [-0.05, 0) is 17.5 Å². The molecule has 0 atom stereocenters. The normalized spacial score (nSPS) is 15.3. The van der Waals surface area contributed by atoms with Crippen LogP contribution in [0.5, 0.6) is 0 Å². The van der Waals surface area contributed by atoms with Crippen molar-refractivity contribution in [1.82, 2.24) is 10.2 Å². The monoisotopic (exact) mass is 331 g/mol. The van der Waals surface area contributed by atoms with Gasteiger partial charge in [0, 0.05) is 36.6 Å². The number of urea groups is 1. The number of carbonyl (C=O) groups excluding carboxylic acids is 1. The summed E-state index contributed by atoms with van der Waals surface area (Å²) in [5, 5.41) is 7.91. The van der Waals surface area contributed by atoms with E-state index < -0.39 is 0 Å². The van der Waals surface area contributed by atoms with E-state index in [1.54, 1.807) is 11.3 Å². The van der Waals surface area contributed by atoms with E-state index in [0.717, 1.165) is 49.0 Å². The summed E-state index contributed by atoms with van der Waals surface area (Å²) in [6.45, 7) is 4.91. The molecule has 0 bridgehead atoms. The van der Waals surface area contributed by atoms with Gasteiger partial charge in [-0.25, -0.2) is 4.79 Å². The van der Waals surface area contributed by atoms with Crippen LogP contribution in [0.25, 0.3) is 10.4 Å². The van der Waals surface area contributed by atoms with E-state index in [4.69, 9.17) is 4.74 Å². The van der Waals surface area contributed by atoms with Crippen LogP contribution in [0.15, 0.2) is 41.8 Å². The van der Waals surface area contributed by atoms with Gasteiger partial charge in [0.15, 0.2) is 0 Å². The summed E-state index contributed by atoms with van der Waals surface area (Å²) in [4.78, 5) is 15.6. The number of hydrogen-bond donors (Lipinski definition) is 2. The third-order valence-corrected chi connectivity index (χ3v) is 4.68. The first-order chi connectivity index (χ1) is 11.3. The SMILES string of the molecule is O=C(NCCN1CCOCC1)Nc1ccccc1-c1cccs1. The Morgan fingerprint density at radius 3 is 2.78 bits per heavy atom. The number of para-hydroxylation sites is 1. The zero-order chi connectivity index (χ0) is 15.9. The Labute approximate surface area is 140 Å². The van der Waals surface area contributed by atoms with Crippen molar-refractivity contribution < 1.29 is 9.53 Å². The van der Waals surface area contributed by atoms with Crippen molar-refractivity contribution in [2.75, 3.05) is 44.7 Å². The molecular weight excluding hydrogens is 310 g/mol. The number of amides is 2. The van der Waals surface area contributed by atoms with Crippen molar-refractivity contribution >= 4 is 23.1 Å². The highest BCUT2D eigenvalue weighted by molar-refractivity contribution is 7.13. The van der Waals surface area contributed by atoms with Gasteiger partial charge in [-0.1, -0.05) is 24.3 Å². The molecule has 0 unspecified atom stereocenters. The molecule has 122 valence electrons. The van der Waals surface area contributed by atoms with Gasteiger partial charge in [-0.2, -0.15) is 0 Å². The Bertz CT molecular complexity index is 625. The summed E-state index contributed by atoms with van der Waals surface area (Å²) in [6, 6.07) is 11.8. The number of nitrogens with zero attached hydrogens (tertiary/aromatic N) is 1. The third kappa shape index (κ3) is 4.54. The molecule has 1 aromatic carbocycles. The molecule has 1 saturated heterocycles. The van der Waals surface area contributed by atoms with Gasteiger partial charge in [0.1, 0.15) is 0 Å². The van der Waals surface area contributed by atoms with Gasteiger partial charge in [0.25, 0.3) is 0 Å². The maximum absolute atomic E-state index is 12.1. The van der Waals surface area contributed by atoms with Crippen LogP contribution in [0.1, 0.15) is 0 Å². The highest BCUT2D eigenvalue weighted by Gasteiger charge is 2.11. The number of nitrogens with one attached hydrogen (secondary N) is 2. The molecule has 0 spiro atoms. The van der Waals surface area contributed by atoms with Gasteiger partial charge in [-0.3, -0.25) is 4.90 Å². The van der Waals surface area contributed by atoms with E-state index >= 15 is 0 Å². The Kier molecular flexibility index (Phi) is 5.63. The molecule has 2 N–H and O–H groups in total. The minimum atomic E-state index is -0.165. The summed E-state index contributed by atoms with van der Waals surface area (Å²) in [7, 11) is 0. The van der Waals surface area contributed by atoms with E-state index in [2.05, 4.69) is 21.6 Å². The van der Waals surface area contributed by atoms with Gasteiger partial charge < -0.3 is 15.4 Å². The highest BCUT2D eigenvalue weighted by atomic mass is 32.1. The van der Waals surface area contributed by atoms with Crippen LogP contribution < -0.4 is 10.6 Å². The topological polar surface area (TPSA) is 53.6 Å². The molecule has 0 aliphatic carbocycles. The van der Waals surface area contributed by atoms with Crippen LogP contribution >= 0.6 is 11.3 Å². The van der Waals surface area contributed by atoms with Crippen LogP contribution in [-0.4, -0.2) is 50.3 Å². The molecular formula is C17H21N3O2S. The Morgan fingerprint density at radius 2 is 2.00 bits per heavy atom. The first-order valence-corrected chi connectivity index (χ1v) is 8.69. The van der Waals surface area contributed by atoms with E-state index in [1.807, 2.05) is 35.7 Å². The average Bonchev–Trinajstić information content (AvgIpc) is 3.11. The molecule has 5 nitrogen and oxygen atoms in total. The molecule has 23 heavy (non-hydrogen) atoms. The zero-order valence-corrected chi connectivity index (χ0v) is 13.8. The van der Waals surface area contributed by atoms with E-state index in [9.17, 15) is 4.79 Å². The molecule has 0 saturated carbocycles. The molecule has 1 aliphatic heterocycles. The summed E-state index contributed by atoms with van der Waals surface area (Å²) in [5.74, 6) is 0. The predicted molar refractivity (Wildman–Crippen MR) is 94.0 cm³/mol. The van der Waals surface area contributed by atoms with Gasteiger partial charge >= 0.3 is 6.03 Å². The number of ether oxygens (including phenoxy) is 1. The number of carbonyl (C=O) groups is 1. The Hall–Kier alpha value is -1.89. The lowest BCUT2D eigenvalue weighted by Crippen LogP contribution is -2.42. The van der Waals surface area contributed by atoms with Crippen molar-refractivity contribution in [1.29, 1.82) is 0 Å². The number of thiophene rings is 1. The second-order valence-electron chi connectivity index (χ2n) is 5.36. The molecule has 6 heteroatoms. The third-order valence-electron chi connectivity index (χ3n) is 3.78. The second kappa shape index (κ2) is 8.10. The fourth-order valence-corrected chi connectivity index (χ4v) is 3.32. The molecule has 2 amide bonds. The zero-order valence-electron chi connectivity index (χ0n) is 13.0. The number of hydrogen-bond acceptors (Lipinski definition) is 4.